The minimum absolute atomic E-state index is 0. The Bertz CT molecular complexity index is 6.00. The fourth-order valence-corrected chi connectivity index (χ4v) is 0. The van der Waals surface area contributed by atoms with Crippen molar-refractivity contribution in [2.24, 2.45) is 0 Å². The monoisotopic (exact) mass is 136 g/mol. The molecule has 0 heterocycles. The molecule has 0 bridgehead atoms. The third-order valence-electron chi connectivity index (χ3n) is 0. The van der Waals surface area contributed by atoms with Crippen molar-refractivity contribution in [1.82, 2.24) is 0 Å². The molecule has 1 nitrogen and oxygen atoms in total. The number of nitrogens with two attached hydrogens (primary N) is 1. The van der Waals surface area contributed by atoms with Crippen molar-refractivity contribution in [3.8, 4) is 0 Å². The van der Waals surface area contributed by atoms with Crippen molar-refractivity contribution in [2.75, 3.05) is 0 Å². The van der Waals surface area contributed by atoms with Crippen LogP contribution >= 0.6 is 0 Å². The summed E-state index contributed by atoms with van der Waals surface area (Å²) in [5.41, 5.74) is 0. The predicted molar refractivity (Wildman–Crippen MR) is 18.4 cm³/mol. The van der Waals surface area contributed by atoms with Crippen molar-refractivity contribution in [3.63, 3.8) is 0 Å². The summed E-state index contributed by atoms with van der Waals surface area (Å²) in [6.07, 6.45) is 0. The van der Waals surface area contributed by atoms with Crippen molar-refractivity contribution >= 4 is 0 Å². The molecular formula is C2H9NY-2. The molecule has 0 saturated heterocycles. The Morgan fingerprint density at radius 3 is 1.00 bits per heavy atom. The van der Waals surface area contributed by atoms with Gasteiger partial charge >= 0.3 is 0 Å². The summed E-state index contributed by atoms with van der Waals surface area (Å²) in [4.78, 5) is 0. The van der Waals surface area contributed by atoms with E-state index < -0.39 is 0 Å². The first-order valence-electron chi connectivity index (χ1n) is 0. The third kappa shape index (κ3) is 11.5. The molecule has 0 amide bonds. The minimum Gasteiger partial charge on any atom is -0.693 e. The van der Waals surface area contributed by atoms with E-state index in [0.29, 0.717) is 0 Å². The summed E-state index contributed by atoms with van der Waals surface area (Å²) >= 11 is 0. The summed E-state index contributed by atoms with van der Waals surface area (Å²) in [5, 5.41) is 0. The van der Waals surface area contributed by atoms with Gasteiger partial charge in [0.1, 0.15) is 0 Å². The molecule has 0 aliphatic heterocycles. The van der Waals surface area contributed by atoms with E-state index in [1.54, 1.807) is 0 Å². The molecule has 0 fully saturated rings. The van der Waals surface area contributed by atoms with Gasteiger partial charge in [-0.2, -0.15) is 0 Å². The van der Waals surface area contributed by atoms with E-state index in [1.165, 1.54) is 0 Å². The van der Waals surface area contributed by atoms with Crippen molar-refractivity contribution in [1.29, 1.82) is 0 Å². The molecule has 0 aliphatic rings. The van der Waals surface area contributed by atoms with Crippen LogP contribution < -0.4 is 0 Å². The standard InChI is InChI=1S/CH4.CH3.H2N.Y/h1H4;1H3;1H2;/q;2*-1;. The maximum absolute atomic E-state index is 0. The van der Waals surface area contributed by atoms with Crippen LogP contribution in [0.3, 0.4) is 0 Å². The second kappa shape index (κ2) is 33.7. The normalized spacial score (nSPS) is 0. The number of hydrogen-bond donors (Lipinski definition) is 0. The average molecular weight is 136 g/mol. The molecule has 0 unspecified atom stereocenters. The number of rotatable bonds is 0. The van der Waals surface area contributed by atoms with Crippen LogP contribution in [-0.4, -0.2) is 0 Å². The summed E-state index contributed by atoms with van der Waals surface area (Å²) in [6.45, 7) is 0. The first-order valence-corrected chi connectivity index (χ1v) is 0. The zero-order chi connectivity index (χ0) is 0. The van der Waals surface area contributed by atoms with Gasteiger partial charge in [-0.15, -0.1) is 0 Å². The molecule has 2 N–H and O–H groups in total. The molecule has 0 rings (SSSR count). The Labute approximate surface area is 53.6 Å². The van der Waals surface area contributed by atoms with Gasteiger partial charge in [-0.25, -0.2) is 0 Å². The molecule has 1 radical (unpaired) electrons. The van der Waals surface area contributed by atoms with Crippen LogP contribution in [0.1, 0.15) is 7.43 Å². The van der Waals surface area contributed by atoms with E-state index in [4.69, 9.17) is 0 Å². The Kier molecular flexibility index (Phi) is 623. The summed E-state index contributed by atoms with van der Waals surface area (Å²) in [6, 6.07) is 0. The average Bonchev–Trinajstić information content (AvgIpc) is 0. The van der Waals surface area contributed by atoms with Gasteiger partial charge in [0.25, 0.3) is 0 Å². The van der Waals surface area contributed by atoms with Crippen LogP contribution in [0.15, 0.2) is 0 Å². The first kappa shape index (κ1) is 73.9. The fourth-order valence-electron chi connectivity index (χ4n) is 0. The number of hydrogen-bond acceptors (Lipinski definition) is 0. The molecule has 0 aromatic rings. The SMILES string of the molecule is C.[CH3-].[NH2-].[Y]. The van der Waals surface area contributed by atoms with Gasteiger partial charge in [-0.1, -0.05) is 7.43 Å². The van der Waals surface area contributed by atoms with E-state index in [2.05, 4.69) is 0 Å². The second-order valence-corrected chi connectivity index (χ2v) is 0. The van der Waals surface area contributed by atoms with Crippen molar-refractivity contribution in [3.05, 3.63) is 13.6 Å². The van der Waals surface area contributed by atoms with E-state index in [1.807, 2.05) is 0 Å². The van der Waals surface area contributed by atoms with Crippen LogP contribution in [0.25, 0.3) is 6.15 Å². The van der Waals surface area contributed by atoms with E-state index in [0.717, 1.165) is 0 Å². The predicted octanol–water partition coefficient (Wildman–Crippen LogP) is 1.80. The summed E-state index contributed by atoms with van der Waals surface area (Å²) < 4.78 is 0. The van der Waals surface area contributed by atoms with Crippen molar-refractivity contribution < 1.29 is 32.7 Å². The largest absolute Gasteiger partial charge is 0.693 e. The zero-order valence-electron chi connectivity index (χ0n) is 2.15. The molecule has 0 aliphatic carbocycles. The minimum atomic E-state index is 0. The molecule has 0 atom stereocenters. The zero-order valence-corrected chi connectivity index (χ0v) is 4.99. The Balaban J connectivity index is 0. The van der Waals surface area contributed by atoms with E-state index >= 15 is 0 Å². The van der Waals surface area contributed by atoms with Gasteiger partial charge in [0, 0.05) is 32.7 Å². The van der Waals surface area contributed by atoms with Crippen LogP contribution in [0, 0.1) is 7.43 Å². The second-order valence-electron chi connectivity index (χ2n) is 0. The summed E-state index contributed by atoms with van der Waals surface area (Å²) in [5.74, 6) is 0. The Morgan fingerprint density at radius 1 is 1.00 bits per heavy atom. The maximum atomic E-state index is 0. The Morgan fingerprint density at radius 2 is 1.00 bits per heavy atom. The summed E-state index contributed by atoms with van der Waals surface area (Å²) in [7, 11) is 0. The smallest absolute Gasteiger partial charge is 0 e. The first-order chi connectivity index (χ1) is 0. The molecule has 0 aromatic carbocycles. The van der Waals surface area contributed by atoms with Gasteiger partial charge in [0.2, 0.25) is 0 Å². The van der Waals surface area contributed by atoms with Gasteiger partial charge in [0.05, 0.1) is 0 Å². The third-order valence-corrected chi connectivity index (χ3v) is 0. The van der Waals surface area contributed by atoms with Crippen LogP contribution in [-0.2, 0) is 32.7 Å². The molecule has 0 spiro atoms. The Hall–Kier alpha value is 1.06. The molecule has 0 saturated carbocycles. The van der Waals surface area contributed by atoms with Gasteiger partial charge in [0.15, 0.2) is 0 Å². The van der Waals surface area contributed by atoms with Gasteiger partial charge in [-0.05, 0) is 0 Å². The topological polar surface area (TPSA) is 33.5 Å². The van der Waals surface area contributed by atoms with Gasteiger partial charge < -0.3 is 13.6 Å². The maximum Gasteiger partial charge on any atom is 0 e. The van der Waals surface area contributed by atoms with Crippen LogP contribution in [0.2, 0.25) is 0 Å². The van der Waals surface area contributed by atoms with Gasteiger partial charge in [-0.3, -0.25) is 0 Å². The van der Waals surface area contributed by atoms with Crippen LogP contribution in [0.4, 0.5) is 0 Å². The molecule has 27 valence electrons. The van der Waals surface area contributed by atoms with Crippen LogP contribution in [0.5, 0.6) is 0 Å². The fraction of sp³-hybridized carbons (Fsp3) is 0.500. The van der Waals surface area contributed by atoms with E-state index in [9.17, 15) is 0 Å². The molecule has 4 heavy (non-hydrogen) atoms. The molecule has 2 heteroatoms. The molecule has 0 aromatic heterocycles. The molecular weight excluding hydrogens is 127 g/mol. The quantitative estimate of drug-likeness (QED) is 0.455. The van der Waals surface area contributed by atoms with E-state index in [-0.39, 0.29) is 53.7 Å². The van der Waals surface area contributed by atoms with Crippen molar-refractivity contribution in [2.45, 2.75) is 7.43 Å².